The van der Waals surface area contributed by atoms with Crippen LogP contribution in [-0.4, -0.2) is 31.1 Å². The van der Waals surface area contributed by atoms with Crippen LogP contribution in [0.15, 0.2) is 36.5 Å². The van der Waals surface area contributed by atoms with Crippen LogP contribution in [0.3, 0.4) is 0 Å². The highest BCUT2D eigenvalue weighted by atomic mass is 19.4. The number of pyridine rings is 1. The summed E-state index contributed by atoms with van der Waals surface area (Å²) in [7, 11) is 0. The van der Waals surface area contributed by atoms with Crippen molar-refractivity contribution in [3.63, 3.8) is 0 Å². The van der Waals surface area contributed by atoms with Gasteiger partial charge in [0.15, 0.2) is 5.82 Å². The maximum atomic E-state index is 14.2. The zero-order valence-corrected chi connectivity index (χ0v) is 15.3. The number of aromatic nitrogens is 4. The molecule has 152 valence electrons. The number of benzene rings is 1. The van der Waals surface area contributed by atoms with Crippen LogP contribution in [0, 0.1) is 5.82 Å². The Morgan fingerprint density at radius 3 is 2.41 bits per heavy atom. The number of rotatable bonds is 5. The lowest BCUT2D eigenvalue weighted by Gasteiger charge is -2.13. The zero-order chi connectivity index (χ0) is 21.2. The Bertz CT molecular complexity index is 1030. The second-order valence-electron chi connectivity index (χ2n) is 6.32. The van der Waals surface area contributed by atoms with Gasteiger partial charge in [0.05, 0.1) is 5.56 Å². The van der Waals surface area contributed by atoms with E-state index in [2.05, 4.69) is 30.6 Å². The Hall–Kier alpha value is -3.50. The van der Waals surface area contributed by atoms with Crippen molar-refractivity contribution in [2.24, 2.45) is 0 Å². The van der Waals surface area contributed by atoms with Gasteiger partial charge in [-0.3, -0.25) is 4.98 Å². The van der Waals surface area contributed by atoms with E-state index in [4.69, 9.17) is 0 Å². The average Bonchev–Trinajstić information content (AvgIpc) is 2.62. The predicted molar refractivity (Wildman–Crippen MR) is 98.2 cm³/mol. The number of hydrogen-bond acceptors (Lipinski definition) is 7. The molecule has 0 spiro atoms. The van der Waals surface area contributed by atoms with Crippen LogP contribution >= 0.6 is 0 Å². The number of nitrogens with one attached hydrogen (secondary N) is 2. The van der Waals surface area contributed by atoms with E-state index in [9.17, 15) is 22.7 Å². The minimum absolute atomic E-state index is 0.0383. The first-order chi connectivity index (χ1) is 13.6. The van der Waals surface area contributed by atoms with Gasteiger partial charge < -0.3 is 15.7 Å². The molecule has 2 aromatic heterocycles. The molecule has 0 saturated carbocycles. The fourth-order valence-electron chi connectivity index (χ4n) is 2.35. The summed E-state index contributed by atoms with van der Waals surface area (Å²) < 4.78 is 52.8. The molecule has 29 heavy (non-hydrogen) atoms. The monoisotopic (exact) mass is 408 g/mol. The standard InChI is InChI=1S/C18H16F4N6O/c1-9(2)24-16-26-15(12-8-11(29)3-4-13(12)19)27-17(28-16)25-10-5-6-23-14(7-10)18(20,21)22/h3-9,29H,1-2H3,(H2,23,24,25,26,27,28). The number of anilines is 3. The molecule has 1 aromatic carbocycles. The van der Waals surface area contributed by atoms with Crippen molar-refractivity contribution in [2.75, 3.05) is 10.6 Å². The van der Waals surface area contributed by atoms with Crippen LogP contribution in [-0.2, 0) is 6.18 Å². The van der Waals surface area contributed by atoms with Crippen LogP contribution in [0.4, 0.5) is 35.1 Å². The van der Waals surface area contributed by atoms with Crippen LogP contribution in [0.25, 0.3) is 11.4 Å². The quantitative estimate of drug-likeness (QED) is 0.540. The van der Waals surface area contributed by atoms with Gasteiger partial charge in [0.1, 0.15) is 17.3 Å². The molecule has 0 atom stereocenters. The Kier molecular flexibility index (Phi) is 5.48. The number of alkyl halides is 3. The smallest absolute Gasteiger partial charge is 0.433 e. The molecule has 0 aliphatic heterocycles. The minimum atomic E-state index is -4.61. The molecule has 0 aliphatic carbocycles. The van der Waals surface area contributed by atoms with Crippen LogP contribution in [0.2, 0.25) is 0 Å². The number of halogens is 4. The van der Waals surface area contributed by atoms with E-state index in [0.29, 0.717) is 0 Å². The maximum Gasteiger partial charge on any atom is 0.433 e. The van der Waals surface area contributed by atoms with E-state index >= 15 is 0 Å². The number of hydrogen-bond donors (Lipinski definition) is 3. The Labute approximate surface area is 162 Å². The van der Waals surface area contributed by atoms with Crippen LogP contribution in [0.1, 0.15) is 19.5 Å². The molecule has 11 heteroatoms. The first-order valence-electron chi connectivity index (χ1n) is 8.43. The normalized spacial score (nSPS) is 11.6. The summed E-state index contributed by atoms with van der Waals surface area (Å²) in [5.74, 6) is -1.01. The SMILES string of the molecule is CC(C)Nc1nc(Nc2ccnc(C(F)(F)F)c2)nc(-c2cc(O)ccc2F)n1. The minimum Gasteiger partial charge on any atom is -0.508 e. The van der Waals surface area contributed by atoms with Crippen molar-refractivity contribution in [1.82, 2.24) is 19.9 Å². The third kappa shape index (κ3) is 5.06. The van der Waals surface area contributed by atoms with E-state index in [0.717, 1.165) is 24.4 Å². The highest BCUT2D eigenvalue weighted by Crippen LogP contribution is 2.30. The summed E-state index contributed by atoms with van der Waals surface area (Å²) in [5, 5.41) is 15.2. The fourth-order valence-corrected chi connectivity index (χ4v) is 2.35. The predicted octanol–water partition coefficient (Wildman–Crippen LogP) is 4.36. The molecule has 0 fully saturated rings. The second kappa shape index (κ2) is 7.86. The van der Waals surface area contributed by atoms with Crippen molar-refractivity contribution in [3.8, 4) is 17.1 Å². The summed E-state index contributed by atoms with van der Waals surface area (Å²) in [6, 6.07) is 5.39. The lowest BCUT2D eigenvalue weighted by molar-refractivity contribution is -0.141. The van der Waals surface area contributed by atoms with Gasteiger partial charge in [-0.1, -0.05) is 0 Å². The molecule has 0 amide bonds. The molecule has 0 radical (unpaired) electrons. The summed E-state index contributed by atoms with van der Waals surface area (Å²) in [6.45, 7) is 3.65. The molecular formula is C18H16F4N6O. The van der Waals surface area contributed by atoms with E-state index in [1.54, 1.807) is 0 Å². The molecule has 7 nitrogen and oxygen atoms in total. The van der Waals surface area contributed by atoms with E-state index in [1.165, 1.54) is 12.1 Å². The molecule has 3 aromatic rings. The molecule has 0 aliphatic rings. The van der Waals surface area contributed by atoms with E-state index < -0.39 is 17.7 Å². The fraction of sp³-hybridized carbons (Fsp3) is 0.222. The summed E-state index contributed by atoms with van der Waals surface area (Å²) in [5.41, 5.74) is -1.14. The van der Waals surface area contributed by atoms with E-state index in [-0.39, 0.29) is 40.8 Å². The zero-order valence-electron chi connectivity index (χ0n) is 15.3. The van der Waals surface area contributed by atoms with Gasteiger partial charge in [0, 0.05) is 17.9 Å². The summed E-state index contributed by atoms with van der Waals surface area (Å²) in [6.07, 6.45) is -3.62. The van der Waals surface area contributed by atoms with E-state index in [1.807, 2.05) is 13.8 Å². The van der Waals surface area contributed by atoms with Gasteiger partial charge in [0.2, 0.25) is 11.9 Å². The third-order valence-electron chi connectivity index (χ3n) is 3.55. The summed E-state index contributed by atoms with van der Waals surface area (Å²) >= 11 is 0. The topological polar surface area (TPSA) is 95.9 Å². The first-order valence-corrected chi connectivity index (χ1v) is 8.43. The molecular weight excluding hydrogens is 392 g/mol. The number of phenols is 1. The molecule has 3 N–H and O–H groups in total. The van der Waals surface area contributed by atoms with Gasteiger partial charge >= 0.3 is 6.18 Å². The number of phenolic OH excluding ortho intramolecular Hbond substituents is 1. The largest absolute Gasteiger partial charge is 0.508 e. The van der Waals surface area contributed by atoms with Crippen molar-refractivity contribution in [2.45, 2.75) is 26.1 Å². The highest BCUT2D eigenvalue weighted by molar-refractivity contribution is 5.63. The lowest BCUT2D eigenvalue weighted by Crippen LogP contribution is -2.15. The molecule has 0 saturated heterocycles. The number of nitrogens with zero attached hydrogens (tertiary/aromatic N) is 4. The van der Waals surface area contributed by atoms with Crippen molar-refractivity contribution in [1.29, 1.82) is 0 Å². The van der Waals surface area contributed by atoms with Gasteiger partial charge in [-0.25, -0.2) is 4.39 Å². The van der Waals surface area contributed by atoms with Crippen LogP contribution in [0.5, 0.6) is 5.75 Å². The molecule has 3 rings (SSSR count). The average molecular weight is 408 g/mol. The molecule has 0 unspecified atom stereocenters. The highest BCUT2D eigenvalue weighted by Gasteiger charge is 2.32. The third-order valence-corrected chi connectivity index (χ3v) is 3.55. The van der Waals surface area contributed by atoms with Crippen molar-refractivity contribution >= 4 is 17.6 Å². The van der Waals surface area contributed by atoms with Gasteiger partial charge in [-0.15, -0.1) is 0 Å². The Balaban J connectivity index is 2.03. The van der Waals surface area contributed by atoms with Crippen molar-refractivity contribution in [3.05, 3.63) is 48.0 Å². The van der Waals surface area contributed by atoms with Gasteiger partial charge in [0.25, 0.3) is 0 Å². The van der Waals surface area contributed by atoms with Crippen LogP contribution < -0.4 is 10.6 Å². The summed E-state index contributed by atoms with van der Waals surface area (Å²) in [4.78, 5) is 15.6. The molecule has 2 heterocycles. The first kappa shape index (κ1) is 20.2. The second-order valence-corrected chi connectivity index (χ2v) is 6.32. The van der Waals surface area contributed by atoms with Crippen molar-refractivity contribution < 1.29 is 22.7 Å². The van der Waals surface area contributed by atoms with Gasteiger partial charge in [-0.05, 0) is 44.2 Å². The number of aromatic hydroxyl groups is 1. The maximum absolute atomic E-state index is 14.2. The lowest BCUT2D eigenvalue weighted by atomic mass is 10.2. The van der Waals surface area contributed by atoms with Gasteiger partial charge in [-0.2, -0.15) is 28.1 Å². The molecule has 0 bridgehead atoms. The Morgan fingerprint density at radius 1 is 1.00 bits per heavy atom. The Morgan fingerprint density at radius 2 is 1.72 bits per heavy atom.